The van der Waals surface area contributed by atoms with Gasteiger partial charge in [0.2, 0.25) is 8.30 Å². The van der Waals surface area contributed by atoms with Gasteiger partial charge in [0.15, 0.2) is 0 Å². The molecule has 0 fully saturated rings. The van der Waals surface area contributed by atoms with E-state index in [-0.39, 0.29) is 0 Å². The zero-order valence-corrected chi connectivity index (χ0v) is 8.27. The predicted molar refractivity (Wildman–Crippen MR) is 47.1 cm³/mol. The second kappa shape index (κ2) is 6.54. The topological polar surface area (TPSA) is 36.3 Å². The van der Waals surface area contributed by atoms with Crippen molar-refractivity contribution in [1.29, 1.82) is 5.26 Å². The number of rotatable bonds is 5. The molecule has 0 spiro atoms. The highest BCUT2D eigenvalue weighted by atomic mass is 31.2. The Morgan fingerprint density at radius 2 is 1.91 bits per heavy atom. The molecule has 0 N–H and O–H groups in total. The average Bonchev–Trinajstić information content (AvgIpc) is 2.05. The molecule has 11 heavy (non-hydrogen) atoms. The van der Waals surface area contributed by atoms with Crippen molar-refractivity contribution in [3.05, 3.63) is 0 Å². The van der Waals surface area contributed by atoms with Crippen molar-refractivity contribution in [2.45, 2.75) is 20.8 Å². The monoisotopic (exact) mass is 174 g/mol. The number of hydrogen-bond donors (Lipinski definition) is 0. The Labute approximate surface area is 69.8 Å². The van der Waals surface area contributed by atoms with Crippen LogP contribution in [0, 0.1) is 11.1 Å². The highest BCUT2D eigenvalue weighted by Gasteiger charge is 2.14. The van der Waals surface area contributed by atoms with Crippen LogP contribution in [-0.2, 0) is 4.52 Å². The van der Waals surface area contributed by atoms with E-state index >= 15 is 0 Å². The maximum absolute atomic E-state index is 8.70. The Balaban J connectivity index is 3.89. The van der Waals surface area contributed by atoms with E-state index in [9.17, 15) is 0 Å². The van der Waals surface area contributed by atoms with Crippen LogP contribution in [0.4, 0.5) is 0 Å². The molecule has 0 saturated heterocycles. The minimum absolute atomic E-state index is 0.621. The van der Waals surface area contributed by atoms with Crippen molar-refractivity contribution >= 4 is 8.30 Å². The standard InChI is InChI=1S/C7H15N2OP/c1-4-9(5-2)11(7-8)10-6-3/h4-6H2,1-3H3. The van der Waals surface area contributed by atoms with Crippen molar-refractivity contribution in [1.82, 2.24) is 4.67 Å². The molecule has 0 aliphatic heterocycles. The molecular formula is C7H15N2OP. The van der Waals surface area contributed by atoms with Gasteiger partial charge in [-0.15, -0.1) is 0 Å². The summed E-state index contributed by atoms with van der Waals surface area (Å²) in [5, 5.41) is 8.70. The van der Waals surface area contributed by atoms with Crippen LogP contribution in [0.2, 0.25) is 0 Å². The highest BCUT2D eigenvalue weighted by Crippen LogP contribution is 2.38. The van der Waals surface area contributed by atoms with Crippen molar-refractivity contribution in [2.24, 2.45) is 0 Å². The van der Waals surface area contributed by atoms with Crippen molar-refractivity contribution in [3.63, 3.8) is 0 Å². The summed E-state index contributed by atoms with van der Waals surface area (Å²) in [7, 11) is -0.983. The first-order valence-electron chi connectivity index (χ1n) is 3.87. The largest absolute Gasteiger partial charge is 0.333 e. The summed E-state index contributed by atoms with van der Waals surface area (Å²) >= 11 is 0. The number of nitriles is 1. The molecule has 3 nitrogen and oxygen atoms in total. The van der Waals surface area contributed by atoms with E-state index in [0.717, 1.165) is 13.1 Å². The van der Waals surface area contributed by atoms with Crippen LogP contribution < -0.4 is 0 Å². The molecule has 64 valence electrons. The van der Waals surface area contributed by atoms with Gasteiger partial charge in [-0.3, -0.25) is 0 Å². The van der Waals surface area contributed by atoms with Crippen molar-refractivity contribution in [3.8, 4) is 5.81 Å². The van der Waals surface area contributed by atoms with Crippen LogP contribution in [0.3, 0.4) is 0 Å². The second-order valence-electron chi connectivity index (χ2n) is 1.93. The fraction of sp³-hybridized carbons (Fsp3) is 0.857. The Morgan fingerprint density at radius 1 is 1.36 bits per heavy atom. The molecule has 0 aromatic rings. The molecular weight excluding hydrogens is 159 g/mol. The molecule has 0 heterocycles. The lowest BCUT2D eigenvalue weighted by Crippen LogP contribution is -2.17. The summed E-state index contributed by atoms with van der Waals surface area (Å²) in [6.45, 7) is 8.38. The Morgan fingerprint density at radius 3 is 2.18 bits per heavy atom. The molecule has 0 bridgehead atoms. The van der Waals surface area contributed by atoms with Crippen LogP contribution in [0.15, 0.2) is 0 Å². The van der Waals surface area contributed by atoms with Gasteiger partial charge in [-0.1, -0.05) is 13.8 Å². The van der Waals surface area contributed by atoms with Crippen LogP contribution in [0.1, 0.15) is 20.8 Å². The molecule has 0 aliphatic carbocycles. The van der Waals surface area contributed by atoms with Gasteiger partial charge >= 0.3 is 0 Å². The molecule has 0 amide bonds. The van der Waals surface area contributed by atoms with Gasteiger partial charge in [0.05, 0.1) is 6.61 Å². The highest BCUT2D eigenvalue weighted by molar-refractivity contribution is 7.55. The van der Waals surface area contributed by atoms with E-state index in [1.807, 2.05) is 25.4 Å². The Kier molecular flexibility index (Phi) is 6.45. The van der Waals surface area contributed by atoms with Crippen LogP contribution >= 0.6 is 8.30 Å². The summed E-state index contributed by atoms with van der Waals surface area (Å²) < 4.78 is 7.31. The second-order valence-corrected chi connectivity index (χ2v) is 3.50. The molecule has 0 aliphatic rings. The van der Waals surface area contributed by atoms with Gasteiger partial charge in [-0.05, 0) is 6.92 Å². The van der Waals surface area contributed by atoms with Gasteiger partial charge in [0, 0.05) is 13.1 Å². The van der Waals surface area contributed by atoms with Crippen molar-refractivity contribution < 1.29 is 4.52 Å². The molecule has 4 heteroatoms. The van der Waals surface area contributed by atoms with E-state index < -0.39 is 8.30 Å². The van der Waals surface area contributed by atoms with Crippen LogP contribution in [-0.4, -0.2) is 24.4 Å². The maximum atomic E-state index is 8.70. The number of nitrogens with zero attached hydrogens (tertiary/aromatic N) is 2. The van der Waals surface area contributed by atoms with E-state index in [1.54, 1.807) is 0 Å². The van der Waals surface area contributed by atoms with Crippen LogP contribution in [0.25, 0.3) is 0 Å². The molecule has 1 unspecified atom stereocenters. The lowest BCUT2D eigenvalue weighted by molar-refractivity contribution is 0.337. The average molecular weight is 174 g/mol. The summed E-state index contributed by atoms with van der Waals surface area (Å²) in [6.07, 6.45) is 0. The normalized spacial score (nSPS) is 13.0. The summed E-state index contributed by atoms with van der Waals surface area (Å²) in [5.74, 6) is 2.17. The van der Waals surface area contributed by atoms with Gasteiger partial charge in [-0.25, -0.2) is 4.67 Å². The van der Waals surface area contributed by atoms with Gasteiger partial charge in [0.1, 0.15) is 5.81 Å². The van der Waals surface area contributed by atoms with E-state index in [4.69, 9.17) is 9.79 Å². The van der Waals surface area contributed by atoms with Gasteiger partial charge in [-0.2, -0.15) is 5.26 Å². The smallest absolute Gasteiger partial charge is 0.216 e. The fourth-order valence-electron chi connectivity index (χ4n) is 0.777. The van der Waals surface area contributed by atoms with E-state index in [2.05, 4.69) is 5.81 Å². The summed E-state index contributed by atoms with van der Waals surface area (Å²) in [4.78, 5) is 0. The minimum Gasteiger partial charge on any atom is -0.333 e. The summed E-state index contributed by atoms with van der Waals surface area (Å²) in [6, 6.07) is 0. The first-order chi connectivity index (χ1) is 5.29. The first-order valence-corrected chi connectivity index (χ1v) is 5.08. The first kappa shape index (κ1) is 10.8. The predicted octanol–water partition coefficient (Wildman–Crippen LogP) is 2.16. The third-order valence-corrected chi connectivity index (χ3v) is 3.08. The van der Waals surface area contributed by atoms with Crippen LogP contribution in [0.5, 0.6) is 0 Å². The van der Waals surface area contributed by atoms with Gasteiger partial charge in [0.25, 0.3) is 0 Å². The fourth-order valence-corrected chi connectivity index (χ4v) is 1.88. The molecule has 0 radical (unpaired) electrons. The van der Waals surface area contributed by atoms with E-state index in [0.29, 0.717) is 6.61 Å². The molecule has 1 atom stereocenters. The molecule has 0 saturated carbocycles. The van der Waals surface area contributed by atoms with E-state index in [1.165, 1.54) is 0 Å². The molecule has 0 aromatic carbocycles. The Bertz CT molecular complexity index is 131. The lowest BCUT2D eigenvalue weighted by atomic mass is 10.7. The molecule has 0 aromatic heterocycles. The molecule has 0 rings (SSSR count). The number of hydrogen-bond acceptors (Lipinski definition) is 3. The quantitative estimate of drug-likeness (QED) is 0.599. The lowest BCUT2D eigenvalue weighted by Gasteiger charge is -2.21. The Hall–Kier alpha value is -0.160. The SMILES string of the molecule is CCOP(C#N)N(CC)CC. The van der Waals surface area contributed by atoms with Crippen molar-refractivity contribution in [2.75, 3.05) is 19.7 Å². The minimum atomic E-state index is -0.983. The maximum Gasteiger partial charge on any atom is 0.216 e. The third-order valence-electron chi connectivity index (χ3n) is 1.32. The zero-order chi connectivity index (χ0) is 8.69. The van der Waals surface area contributed by atoms with Gasteiger partial charge < -0.3 is 4.52 Å². The summed E-state index contributed by atoms with van der Waals surface area (Å²) in [5.41, 5.74) is 0. The third kappa shape index (κ3) is 3.67. The zero-order valence-electron chi connectivity index (χ0n) is 7.37.